The first-order valence-electron chi connectivity index (χ1n) is 3.16. The van der Waals surface area contributed by atoms with Crippen LogP contribution < -0.4 is 5.11 Å². The highest BCUT2D eigenvalue weighted by atomic mass is 19.1. The van der Waals surface area contributed by atoms with Crippen molar-refractivity contribution in [2.75, 3.05) is 0 Å². The van der Waals surface area contributed by atoms with E-state index >= 15 is 0 Å². The molecule has 1 aromatic carbocycles. The van der Waals surface area contributed by atoms with Crippen LogP contribution in [0.5, 0.6) is 0 Å². The van der Waals surface area contributed by atoms with Crippen molar-refractivity contribution >= 4 is 5.97 Å². The molecule has 0 amide bonds. The highest BCUT2D eigenvalue weighted by Gasteiger charge is 2.11. The average Bonchev–Trinajstić information content (AvgIpc) is 2.02. The number of carboxylic acid groups (broad SMARTS) is 1. The van der Waals surface area contributed by atoms with Crippen LogP contribution in [0.25, 0.3) is 0 Å². The van der Waals surface area contributed by atoms with Crippen molar-refractivity contribution < 1.29 is 18.7 Å². The molecular weight excluding hydrogens is 180 g/mol. The Balaban J connectivity index is 3.42. The molecule has 0 N–H and O–H groups in total. The van der Waals surface area contributed by atoms with Crippen molar-refractivity contribution in [1.82, 2.24) is 0 Å². The SMILES string of the molecule is N#Cc1cc(F)c(C(=O)[O-])c(F)c1. The fourth-order valence-electron chi connectivity index (χ4n) is 0.833. The highest BCUT2D eigenvalue weighted by Crippen LogP contribution is 2.13. The Labute approximate surface area is 71.8 Å². The summed E-state index contributed by atoms with van der Waals surface area (Å²) in [5.41, 5.74) is -1.43. The van der Waals surface area contributed by atoms with Crippen LogP contribution in [-0.2, 0) is 0 Å². The van der Waals surface area contributed by atoms with E-state index in [1.54, 1.807) is 0 Å². The van der Waals surface area contributed by atoms with Gasteiger partial charge in [-0.1, -0.05) is 0 Å². The van der Waals surface area contributed by atoms with Crippen LogP contribution in [0.4, 0.5) is 8.78 Å². The number of carboxylic acids is 1. The van der Waals surface area contributed by atoms with Crippen molar-refractivity contribution in [2.45, 2.75) is 0 Å². The number of aromatic carboxylic acids is 1. The zero-order chi connectivity index (χ0) is 10.0. The van der Waals surface area contributed by atoms with Gasteiger partial charge in [0.2, 0.25) is 0 Å². The Morgan fingerprint density at radius 3 is 2.15 bits per heavy atom. The van der Waals surface area contributed by atoms with Gasteiger partial charge in [-0.05, 0) is 12.1 Å². The predicted molar refractivity (Wildman–Crippen MR) is 35.4 cm³/mol. The normalized spacial score (nSPS) is 9.31. The van der Waals surface area contributed by atoms with Crippen molar-refractivity contribution in [3.63, 3.8) is 0 Å². The standard InChI is InChI=1S/C8H3F2NO2/c9-5-1-4(3-11)2-6(10)7(5)8(12)13/h1-2H,(H,12,13)/p-1. The summed E-state index contributed by atoms with van der Waals surface area (Å²) < 4.78 is 25.5. The zero-order valence-electron chi connectivity index (χ0n) is 6.17. The second-order valence-electron chi connectivity index (χ2n) is 2.21. The predicted octanol–water partition coefficient (Wildman–Crippen LogP) is 0.200. The number of benzene rings is 1. The highest BCUT2D eigenvalue weighted by molar-refractivity contribution is 5.86. The maximum Gasteiger partial charge on any atom is 0.136 e. The minimum atomic E-state index is -1.94. The van der Waals surface area contributed by atoms with Gasteiger partial charge in [-0.3, -0.25) is 0 Å². The van der Waals surface area contributed by atoms with E-state index in [9.17, 15) is 18.7 Å². The summed E-state index contributed by atoms with van der Waals surface area (Å²) in [7, 11) is 0. The summed E-state index contributed by atoms with van der Waals surface area (Å²) in [4.78, 5) is 10.2. The van der Waals surface area contributed by atoms with Crippen LogP contribution in [-0.4, -0.2) is 5.97 Å². The first kappa shape index (κ1) is 9.13. The molecule has 0 unspecified atom stereocenters. The lowest BCUT2D eigenvalue weighted by molar-refractivity contribution is -0.255. The molecule has 0 radical (unpaired) electrons. The molecule has 0 heterocycles. The molecule has 1 aromatic rings. The molecule has 3 nitrogen and oxygen atoms in total. The average molecular weight is 182 g/mol. The maximum absolute atomic E-state index is 12.7. The maximum atomic E-state index is 12.7. The fourth-order valence-corrected chi connectivity index (χ4v) is 0.833. The molecule has 0 bridgehead atoms. The summed E-state index contributed by atoms with van der Waals surface area (Å²) in [6, 6.07) is 2.75. The van der Waals surface area contributed by atoms with Gasteiger partial charge in [0, 0.05) is 0 Å². The number of halogens is 2. The molecule has 66 valence electrons. The summed E-state index contributed by atoms with van der Waals surface area (Å²) in [5, 5.41) is 18.4. The molecule has 0 saturated carbocycles. The zero-order valence-corrected chi connectivity index (χ0v) is 6.17. The van der Waals surface area contributed by atoms with Gasteiger partial charge in [0.15, 0.2) is 0 Å². The molecule has 0 aliphatic heterocycles. The summed E-state index contributed by atoms with van der Waals surface area (Å²) in [6.45, 7) is 0. The van der Waals surface area contributed by atoms with Crippen molar-refractivity contribution in [1.29, 1.82) is 5.26 Å². The van der Waals surface area contributed by atoms with E-state index in [0.717, 1.165) is 0 Å². The third-order valence-electron chi connectivity index (χ3n) is 1.38. The Hall–Kier alpha value is -1.96. The minimum absolute atomic E-state index is 0.278. The van der Waals surface area contributed by atoms with Gasteiger partial charge in [0.1, 0.15) is 11.6 Å². The summed E-state index contributed by atoms with van der Waals surface area (Å²) >= 11 is 0. The van der Waals surface area contributed by atoms with E-state index < -0.39 is 23.2 Å². The third kappa shape index (κ3) is 1.62. The van der Waals surface area contributed by atoms with Crippen molar-refractivity contribution in [3.8, 4) is 6.07 Å². The van der Waals surface area contributed by atoms with Crippen LogP contribution in [0.2, 0.25) is 0 Å². The molecule has 0 aliphatic rings. The monoisotopic (exact) mass is 182 g/mol. The van der Waals surface area contributed by atoms with E-state index in [0.29, 0.717) is 12.1 Å². The quantitative estimate of drug-likeness (QED) is 0.623. The van der Waals surface area contributed by atoms with Gasteiger partial charge in [-0.15, -0.1) is 0 Å². The van der Waals surface area contributed by atoms with E-state index in [2.05, 4.69) is 0 Å². The number of carbonyl (C=O) groups excluding carboxylic acids is 1. The summed E-state index contributed by atoms with van der Waals surface area (Å²) in [6.07, 6.45) is 0. The molecule has 13 heavy (non-hydrogen) atoms. The van der Waals surface area contributed by atoms with E-state index in [-0.39, 0.29) is 5.56 Å². The number of carbonyl (C=O) groups is 1. The van der Waals surface area contributed by atoms with Gasteiger partial charge in [-0.2, -0.15) is 5.26 Å². The second kappa shape index (κ2) is 3.19. The molecule has 0 aliphatic carbocycles. The summed E-state index contributed by atoms with van der Waals surface area (Å²) in [5.74, 6) is -4.56. The van der Waals surface area contributed by atoms with Crippen LogP contribution in [0, 0.1) is 23.0 Å². The molecule has 0 atom stereocenters. The van der Waals surface area contributed by atoms with E-state index in [4.69, 9.17) is 5.26 Å². The van der Waals surface area contributed by atoms with Crippen molar-refractivity contribution in [3.05, 3.63) is 34.9 Å². The molecule has 0 fully saturated rings. The van der Waals surface area contributed by atoms with Crippen LogP contribution in [0.1, 0.15) is 15.9 Å². The number of rotatable bonds is 1. The topological polar surface area (TPSA) is 63.9 Å². The lowest BCUT2D eigenvalue weighted by atomic mass is 10.1. The number of nitriles is 1. The molecular formula is C8H2F2NO2-. The second-order valence-corrected chi connectivity index (χ2v) is 2.21. The lowest BCUT2D eigenvalue weighted by Gasteiger charge is -2.05. The molecule has 0 spiro atoms. The minimum Gasteiger partial charge on any atom is -0.545 e. The van der Waals surface area contributed by atoms with E-state index in [1.165, 1.54) is 6.07 Å². The Morgan fingerprint density at radius 1 is 1.38 bits per heavy atom. The largest absolute Gasteiger partial charge is 0.545 e. The molecule has 5 heteroatoms. The van der Waals surface area contributed by atoms with Gasteiger partial charge in [-0.25, -0.2) is 8.78 Å². The first-order valence-corrected chi connectivity index (χ1v) is 3.16. The fraction of sp³-hybridized carbons (Fsp3) is 0. The first-order chi connectivity index (χ1) is 6.06. The molecule has 0 saturated heterocycles. The van der Waals surface area contributed by atoms with Gasteiger partial charge in [0.05, 0.1) is 23.2 Å². The van der Waals surface area contributed by atoms with Gasteiger partial charge in [0.25, 0.3) is 0 Å². The Morgan fingerprint density at radius 2 is 1.85 bits per heavy atom. The third-order valence-corrected chi connectivity index (χ3v) is 1.38. The smallest absolute Gasteiger partial charge is 0.136 e. The van der Waals surface area contributed by atoms with Crippen LogP contribution >= 0.6 is 0 Å². The van der Waals surface area contributed by atoms with Crippen LogP contribution in [0.15, 0.2) is 12.1 Å². The van der Waals surface area contributed by atoms with Gasteiger partial charge < -0.3 is 9.90 Å². The van der Waals surface area contributed by atoms with Crippen LogP contribution in [0.3, 0.4) is 0 Å². The number of hydrogen-bond donors (Lipinski definition) is 0. The molecule has 0 aromatic heterocycles. The number of nitrogens with zero attached hydrogens (tertiary/aromatic N) is 1. The molecule has 1 rings (SSSR count). The Kier molecular flexibility index (Phi) is 2.24. The van der Waals surface area contributed by atoms with Gasteiger partial charge >= 0.3 is 0 Å². The van der Waals surface area contributed by atoms with Crippen molar-refractivity contribution in [2.24, 2.45) is 0 Å². The lowest BCUT2D eigenvalue weighted by Crippen LogP contribution is -2.25. The van der Waals surface area contributed by atoms with E-state index in [1.807, 2.05) is 0 Å². The number of hydrogen-bond acceptors (Lipinski definition) is 3. The Bertz CT molecular complexity index is 386.